The number of anilines is 2. The fourth-order valence-electron chi connectivity index (χ4n) is 3.25. The van der Waals surface area contributed by atoms with Crippen molar-refractivity contribution in [2.75, 3.05) is 16.8 Å². The van der Waals surface area contributed by atoms with Crippen molar-refractivity contribution in [2.45, 2.75) is 0 Å². The first-order valence-corrected chi connectivity index (χ1v) is 11.6. The van der Waals surface area contributed by atoms with Crippen LogP contribution in [0.1, 0.15) is 5.56 Å². The molecule has 3 aromatic rings. The standard InChI is InChI=1S/C25H16BrF2N3O4S/c26-20-12-14(1-10-21(20)35-13-22(32)29-17-6-2-15(27)3-7-17)11-19-23(33)30-25(36)31(24(19)34)18-8-4-16(28)5-9-18/h1-12H,13H2,(H,29,32)(H,30,33,36)/b19-11+. The number of carbonyl (C=O) groups is 3. The van der Waals surface area contributed by atoms with Gasteiger partial charge in [0.2, 0.25) is 0 Å². The minimum absolute atomic E-state index is 0.113. The Kier molecular flexibility index (Phi) is 7.51. The fourth-order valence-corrected chi connectivity index (χ4v) is 4.04. The Balaban J connectivity index is 1.47. The second-order valence-electron chi connectivity index (χ2n) is 7.47. The summed E-state index contributed by atoms with van der Waals surface area (Å²) in [5.41, 5.74) is 1.05. The summed E-state index contributed by atoms with van der Waals surface area (Å²) in [6, 6.07) is 15.2. The monoisotopic (exact) mass is 571 g/mol. The van der Waals surface area contributed by atoms with Gasteiger partial charge in [-0.1, -0.05) is 6.07 Å². The van der Waals surface area contributed by atoms with Crippen molar-refractivity contribution in [2.24, 2.45) is 0 Å². The lowest BCUT2D eigenvalue weighted by atomic mass is 10.1. The van der Waals surface area contributed by atoms with Crippen molar-refractivity contribution in [1.82, 2.24) is 5.32 Å². The van der Waals surface area contributed by atoms with E-state index in [0.29, 0.717) is 27.2 Å². The Labute approximate surface area is 217 Å². The minimum Gasteiger partial charge on any atom is -0.483 e. The maximum atomic E-state index is 13.3. The van der Waals surface area contributed by atoms with Crippen LogP contribution in [0.25, 0.3) is 6.08 Å². The summed E-state index contributed by atoms with van der Waals surface area (Å²) in [6.45, 7) is -0.304. The molecule has 36 heavy (non-hydrogen) atoms. The van der Waals surface area contributed by atoms with Gasteiger partial charge in [-0.25, -0.2) is 8.78 Å². The molecule has 1 fully saturated rings. The molecule has 0 saturated carbocycles. The van der Waals surface area contributed by atoms with Crippen LogP contribution in [0.5, 0.6) is 5.75 Å². The van der Waals surface area contributed by atoms with Crippen molar-refractivity contribution in [1.29, 1.82) is 0 Å². The number of hydrogen-bond acceptors (Lipinski definition) is 5. The molecule has 11 heteroatoms. The lowest BCUT2D eigenvalue weighted by Gasteiger charge is -2.28. The average Bonchev–Trinajstić information content (AvgIpc) is 2.84. The number of rotatable bonds is 6. The van der Waals surface area contributed by atoms with Crippen molar-refractivity contribution in [3.8, 4) is 5.75 Å². The number of nitrogens with zero attached hydrogens (tertiary/aromatic N) is 1. The average molecular weight is 572 g/mol. The highest BCUT2D eigenvalue weighted by Crippen LogP contribution is 2.28. The van der Waals surface area contributed by atoms with Gasteiger partial charge in [-0.3, -0.25) is 24.6 Å². The molecule has 0 bridgehead atoms. The number of hydrogen-bond donors (Lipinski definition) is 2. The van der Waals surface area contributed by atoms with Crippen molar-refractivity contribution >= 4 is 68.4 Å². The summed E-state index contributed by atoms with van der Waals surface area (Å²) >= 11 is 8.48. The predicted molar refractivity (Wildman–Crippen MR) is 137 cm³/mol. The van der Waals surface area contributed by atoms with Crippen LogP contribution in [0.15, 0.2) is 76.8 Å². The maximum absolute atomic E-state index is 13.3. The normalized spacial score (nSPS) is 14.6. The van der Waals surface area contributed by atoms with Crippen molar-refractivity contribution in [3.05, 3.63) is 94.0 Å². The Morgan fingerprint density at radius 3 is 2.31 bits per heavy atom. The van der Waals surface area contributed by atoms with Gasteiger partial charge in [0.25, 0.3) is 17.7 Å². The van der Waals surface area contributed by atoms with Gasteiger partial charge in [0.1, 0.15) is 23.0 Å². The van der Waals surface area contributed by atoms with Crippen LogP contribution in [-0.4, -0.2) is 29.4 Å². The second-order valence-corrected chi connectivity index (χ2v) is 8.71. The zero-order chi connectivity index (χ0) is 25.8. The predicted octanol–water partition coefficient (Wildman–Crippen LogP) is 4.58. The zero-order valence-corrected chi connectivity index (χ0v) is 20.7. The number of thiocarbonyl (C=S) groups is 1. The first-order chi connectivity index (χ1) is 17.2. The summed E-state index contributed by atoms with van der Waals surface area (Å²) in [4.78, 5) is 38.7. The summed E-state index contributed by atoms with van der Waals surface area (Å²) in [7, 11) is 0. The van der Waals surface area contributed by atoms with Crippen LogP contribution < -0.4 is 20.3 Å². The molecule has 182 valence electrons. The molecule has 3 amide bonds. The van der Waals surface area contributed by atoms with E-state index in [9.17, 15) is 23.2 Å². The van der Waals surface area contributed by atoms with Crippen molar-refractivity contribution < 1.29 is 27.9 Å². The number of amides is 3. The molecule has 0 aliphatic carbocycles. The summed E-state index contributed by atoms with van der Waals surface area (Å²) in [5, 5.41) is 4.93. The van der Waals surface area contributed by atoms with E-state index in [0.717, 1.165) is 4.90 Å². The van der Waals surface area contributed by atoms with E-state index in [1.165, 1.54) is 54.6 Å². The van der Waals surface area contributed by atoms with Gasteiger partial charge in [0.05, 0.1) is 10.2 Å². The topological polar surface area (TPSA) is 87.7 Å². The zero-order valence-electron chi connectivity index (χ0n) is 18.3. The van der Waals surface area contributed by atoms with Gasteiger partial charge in [-0.15, -0.1) is 0 Å². The van der Waals surface area contributed by atoms with Gasteiger partial charge in [-0.05, 0) is 100 Å². The van der Waals surface area contributed by atoms with Gasteiger partial charge in [-0.2, -0.15) is 0 Å². The molecule has 1 heterocycles. The first-order valence-electron chi connectivity index (χ1n) is 10.4. The Morgan fingerprint density at radius 2 is 1.67 bits per heavy atom. The third kappa shape index (κ3) is 5.81. The summed E-state index contributed by atoms with van der Waals surface area (Å²) in [6.07, 6.45) is 1.38. The molecule has 2 N–H and O–H groups in total. The molecule has 1 aliphatic rings. The van der Waals surface area contributed by atoms with Crippen LogP contribution in [0.4, 0.5) is 20.2 Å². The lowest BCUT2D eigenvalue weighted by molar-refractivity contribution is -0.122. The van der Waals surface area contributed by atoms with Crippen LogP contribution in [0, 0.1) is 11.6 Å². The second kappa shape index (κ2) is 10.8. The molecule has 4 rings (SSSR count). The molecule has 0 radical (unpaired) electrons. The minimum atomic E-state index is -0.669. The van der Waals surface area contributed by atoms with Crippen LogP contribution in [0.2, 0.25) is 0 Å². The summed E-state index contributed by atoms with van der Waals surface area (Å²) in [5.74, 6) is -2.32. The van der Waals surface area contributed by atoms with E-state index in [-0.39, 0.29) is 17.3 Å². The van der Waals surface area contributed by atoms with Crippen molar-refractivity contribution in [3.63, 3.8) is 0 Å². The molecule has 1 saturated heterocycles. The van der Waals surface area contributed by atoms with Crippen LogP contribution >= 0.6 is 28.1 Å². The fraction of sp³-hybridized carbons (Fsp3) is 0.0400. The van der Waals surface area contributed by atoms with E-state index in [4.69, 9.17) is 17.0 Å². The van der Waals surface area contributed by atoms with Gasteiger partial charge in [0.15, 0.2) is 11.7 Å². The highest BCUT2D eigenvalue weighted by atomic mass is 79.9. The largest absolute Gasteiger partial charge is 0.483 e. The Morgan fingerprint density at radius 1 is 1.03 bits per heavy atom. The number of nitrogens with one attached hydrogen (secondary N) is 2. The molecular weight excluding hydrogens is 556 g/mol. The molecule has 3 aromatic carbocycles. The molecule has 7 nitrogen and oxygen atoms in total. The Hall–Kier alpha value is -3.96. The third-order valence-corrected chi connectivity index (χ3v) is 5.84. The van der Waals surface area contributed by atoms with E-state index in [2.05, 4.69) is 26.6 Å². The number of ether oxygens (including phenoxy) is 1. The summed E-state index contributed by atoms with van der Waals surface area (Å²) < 4.78 is 32.3. The molecule has 0 unspecified atom stereocenters. The first kappa shape index (κ1) is 25.1. The highest BCUT2D eigenvalue weighted by Gasteiger charge is 2.34. The van der Waals surface area contributed by atoms with Gasteiger partial charge < -0.3 is 10.1 Å². The molecule has 1 aliphatic heterocycles. The Bertz CT molecular complexity index is 1400. The van der Waals surface area contributed by atoms with Gasteiger partial charge in [0, 0.05) is 5.69 Å². The van der Waals surface area contributed by atoms with E-state index >= 15 is 0 Å². The van der Waals surface area contributed by atoms with Crippen LogP contribution in [-0.2, 0) is 14.4 Å². The molecule has 0 atom stereocenters. The number of carbonyl (C=O) groups excluding carboxylic acids is 3. The highest BCUT2D eigenvalue weighted by molar-refractivity contribution is 9.10. The van der Waals surface area contributed by atoms with Gasteiger partial charge >= 0.3 is 0 Å². The quantitative estimate of drug-likeness (QED) is 0.257. The molecule has 0 aromatic heterocycles. The number of halogens is 3. The maximum Gasteiger partial charge on any atom is 0.270 e. The van der Waals surface area contributed by atoms with E-state index in [1.807, 2.05) is 0 Å². The van der Waals surface area contributed by atoms with Crippen LogP contribution in [0.3, 0.4) is 0 Å². The van der Waals surface area contributed by atoms with E-state index in [1.54, 1.807) is 18.2 Å². The third-order valence-electron chi connectivity index (χ3n) is 4.94. The SMILES string of the molecule is O=C(COc1ccc(/C=C2\C(=O)NC(=S)N(c3ccc(F)cc3)C2=O)cc1Br)Nc1ccc(F)cc1. The number of benzene rings is 3. The molecule has 0 spiro atoms. The lowest BCUT2D eigenvalue weighted by Crippen LogP contribution is -2.54. The molecular formula is C25H16BrF2N3O4S. The van der Waals surface area contributed by atoms with E-state index < -0.39 is 29.4 Å². The smallest absolute Gasteiger partial charge is 0.270 e.